The molecule has 0 unspecified atom stereocenters. The van der Waals surface area contributed by atoms with Crippen LogP contribution in [0.2, 0.25) is 0 Å². The van der Waals surface area contributed by atoms with Gasteiger partial charge >= 0.3 is 0 Å². The Morgan fingerprint density at radius 1 is 1.33 bits per heavy atom. The zero-order chi connectivity index (χ0) is 13.0. The first-order valence-electron chi connectivity index (χ1n) is 5.87. The van der Waals surface area contributed by atoms with Gasteiger partial charge in [-0.1, -0.05) is 12.1 Å². The van der Waals surface area contributed by atoms with Crippen molar-refractivity contribution in [2.24, 2.45) is 5.10 Å². The van der Waals surface area contributed by atoms with E-state index in [0.29, 0.717) is 0 Å². The van der Waals surface area contributed by atoms with E-state index in [0.717, 1.165) is 31.7 Å². The number of rotatable bonds is 3. The van der Waals surface area contributed by atoms with Crippen LogP contribution in [0.4, 0.5) is 5.69 Å². The molecular weight excluding hydrogens is 232 g/mol. The Morgan fingerprint density at radius 3 is 2.72 bits per heavy atom. The van der Waals surface area contributed by atoms with Gasteiger partial charge in [0.15, 0.2) is 0 Å². The molecule has 1 heterocycles. The molecule has 96 valence electrons. The Kier molecular flexibility index (Phi) is 3.88. The van der Waals surface area contributed by atoms with Crippen molar-refractivity contribution < 1.29 is 4.92 Å². The van der Waals surface area contributed by atoms with E-state index in [4.69, 9.17) is 0 Å². The van der Waals surface area contributed by atoms with Gasteiger partial charge in [0, 0.05) is 43.9 Å². The minimum Gasteiger partial charge on any atom is -0.303 e. The molecule has 6 nitrogen and oxygen atoms in total. The summed E-state index contributed by atoms with van der Waals surface area (Å²) in [5.41, 5.74) is 0.848. The molecule has 0 radical (unpaired) electrons. The van der Waals surface area contributed by atoms with Crippen molar-refractivity contribution in [3.63, 3.8) is 0 Å². The summed E-state index contributed by atoms with van der Waals surface area (Å²) in [4.78, 5) is 12.5. The molecular formula is C12H16N4O2. The number of hydrogen-bond donors (Lipinski definition) is 0. The van der Waals surface area contributed by atoms with Crippen molar-refractivity contribution in [1.82, 2.24) is 9.91 Å². The predicted molar refractivity (Wildman–Crippen MR) is 69.8 cm³/mol. The molecule has 1 aliphatic heterocycles. The fourth-order valence-electron chi connectivity index (χ4n) is 1.78. The predicted octanol–water partition coefficient (Wildman–Crippen LogP) is 1.18. The number of nitro groups is 1. The summed E-state index contributed by atoms with van der Waals surface area (Å²) in [6.07, 6.45) is 1.68. The smallest absolute Gasteiger partial charge is 0.270 e. The maximum Gasteiger partial charge on any atom is 0.270 e. The van der Waals surface area contributed by atoms with Crippen molar-refractivity contribution in [2.45, 2.75) is 0 Å². The van der Waals surface area contributed by atoms with Gasteiger partial charge in [0.25, 0.3) is 5.69 Å². The lowest BCUT2D eigenvalue weighted by Gasteiger charge is -2.30. The number of benzene rings is 1. The maximum absolute atomic E-state index is 10.6. The second-order valence-electron chi connectivity index (χ2n) is 4.35. The van der Waals surface area contributed by atoms with Crippen LogP contribution in [0.25, 0.3) is 0 Å². The van der Waals surface area contributed by atoms with E-state index < -0.39 is 4.92 Å². The second kappa shape index (κ2) is 5.59. The number of hydrogen-bond acceptors (Lipinski definition) is 5. The monoisotopic (exact) mass is 248 g/mol. The van der Waals surface area contributed by atoms with Gasteiger partial charge in [-0.05, 0) is 7.05 Å². The Bertz CT molecular complexity index is 453. The van der Waals surface area contributed by atoms with Crippen LogP contribution in [0.3, 0.4) is 0 Å². The largest absolute Gasteiger partial charge is 0.303 e. The number of non-ortho nitro benzene ring substituents is 1. The van der Waals surface area contributed by atoms with E-state index in [9.17, 15) is 10.1 Å². The van der Waals surface area contributed by atoms with Gasteiger partial charge in [-0.15, -0.1) is 0 Å². The van der Waals surface area contributed by atoms with E-state index in [1.807, 2.05) is 11.1 Å². The fraction of sp³-hybridized carbons (Fsp3) is 0.417. The molecule has 1 aromatic rings. The van der Waals surface area contributed by atoms with E-state index >= 15 is 0 Å². The van der Waals surface area contributed by atoms with Crippen LogP contribution in [-0.4, -0.2) is 54.3 Å². The average Bonchev–Trinajstić information content (AvgIpc) is 2.38. The number of piperazine rings is 1. The molecule has 0 bridgehead atoms. The number of hydrazone groups is 1. The molecule has 0 atom stereocenters. The molecule has 18 heavy (non-hydrogen) atoms. The van der Waals surface area contributed by atoms with Gasteiger partial charge in [-0.25, -0.2) is 0 Å². The summed E-state index contributed by atoms with van der Waals surface area (Å²) in [5, 5.41) is 17.0. The Labute approximate surface area is 106 Å². The van der Waals surface area contributed by atoms with Crippen LogP contribution in [0, 0.1) is 10.1 Å². The summed E-state index contributed by atoms with van der Waals surface area (Å²) in [7, 11) is 2.08. The first-order chi connectivity index (χ1) is 8.65. The Balaban J connectivity index is 2.00. The van der Waals surface area contributed by atoms with Crippen molar-refractivity contribution in [3.8, 4) is 0 Å². The van der Waals surface area contributed by atoms with Crippen LogP contribution in [0.5, 0.6) is 0 Å². The van der Waals surface area contributed by atoms with E-state index in [2.05, 4.69) is 17.0 Å². The van der Waals surface area contributed by atoms with E-state index in [1.165, 1.54) is 12.1 Å². The maximum atomic E-state index is 10.6. The number of nitro benzene ring substituents is 1. The standard InChI is InChI=1S/C12H16N4O2/c1-14-5-7-15(8-6-14)13-10-11-3-2-4-12(9-11)16(17)18/h2-4,9-10H,5-8H2,1H3/b13-10-. The first kappa shape index (κ1) is 12.5. The summed E-state index contributed by atoms with van der Waals surface area (Å²) in [6.45, 7) is 3.77. The number of likely N-dealkylation sites (N-methyl/N-ethyl adjacent to an activating group) is 1. The first-order valence-corrected chi connectivity index (χ1v) is 5.87. The molecule has 0 aliphatic carbocycles. The van der Waals surface area contributed by atoms with Crippen molar-refractivity contribution in [1.29, 1.82) is 0 Å². The number of nitrogens with zero attached hydrogens (tertiary/aromatic N) is 4. The van der Waals surface area contributed by atoms with Crippen LogP contribution < -0.4 is 0 Å². The zero-order valence-corrected chi connectivity index (χ0v) is 10.3. The molecule has 0 amide bonds. The summed E-state index contributed by atoms with van der Waals surface area (Å²) < 4.78 is 0. The molecule has 1 saturated heterocycles. The van der Waals surface area contributed by atoms with Crippen LogP contribution >= 0.6 is 0 Å². The average molecular weight is 248 g/mol. The van der Waals surface area contributed by atoms with Gasteiger partial charge in [-0.3, -0.25) is 15.1 Å². The Hall–Kier alpha value is -1.95. The Morgan fingerprint density at radius 2 is 2.06 bits per heavy atom. The molecule has 2 rings (SSSR count). The highest BCUT2D eigenvalue weighted by atomic mass is 16.6. The van der Waals surface area contributed by atoms with Gasteiger partial charge in [-0.2, -0.15) is 5.10 Å². The van der Waals surface area contributed by atoms with Gasteiger partial charge in [0.2, 0.25) is 0 Å². The highest BCUT2D eigenvalue weighted by Gasteiger charge is 2.11. The minimum atomic E-state index is -0.396. The zero-order valence-electron chi connectivity index (χ0n) is 10.3. The van der Waals surface area contributed by atoms with Crippen LogP contribution in [0.15, 0.2) is 29.4 Å². The highest BCUT2D eigenvalue weighted by Crippen LogP contribution is 2.11. The third-order valence-corrected chi connectivity index (χ3v) is 2.93. The third-order valence-electron chi connectivity index (χ3n) is 2.93. The van der Waals surface area contributed by atoms with E-state index in [1.54, 1.807) is 12.3 Å². The lowest BCUT2D eigenvalue weighted by Crippen LogP contribution is -2.41. The molecule has 0 spiro atoms. The fourth-order valence-corrected chi connectivity index (χ4v) is 1.78. The molecule has 0 N–H and O–H groups in total. The molecule has 0 saturated carbocycles. The molecule has 0 aromatic heterocycles. The van der Waals surface area contributed by atoms with Crippen molar-refractivity contribution >= 4 is 11.9 Å². The quantitative estimate of drug-likeness (QED) is 0.458. The minimum absolute atomic E-state index is 0.0947. The molecule has 1 aromatic carbocycles. The van der Waals surface area contributed by atoms with Gasteiger partial charge in [0.05, 0.1) is 11.1 Å². The van der Waals surface area contributed by atoms with Gasteiger partial charge < -0.3 is 4.90 Å². The van der Waals surface area contributed by atoms with E-state index in [-0.39, 0.29) is 5.69 Å². The van der Waals surface area contributed by atoms with Gasteiger partial charge in [0.1, 0.15) is 0 Å². The lowest BCUT2D eigenvalue weighted by molar-refractivity contribution is -0.384. The van der Waals surface area contributed by atoms with Crippen molar-refractivity contribution in [2.75, 3.05) is 33.2 Å². The topological polar surface area (TPSA) is 62.0 Å². The third kappa shape index (κ3) is 3.27. The summed E-state index contributed by atoms with van der Waals surface area (Å²) in [6, 6.07) is 6.49. The molecule has 6 heteroatoms. The highest BCUT2D eigenvalue weighted by molar-refractivity contribution is 5.80. The normalized spacial score (nSPS) is 17.3. The van der Waals surface area contributed by atoms with Crippen molar-refractivity contribution in [3.05, 3.63) is 39.9 Å². The second-order valence-corrected chi connectivity index (χ2v) is 4.35. The van der Waals surface area contributed by atoms with Crippen LogP contribution in [0.1, 0.15) is 5.56 Å². The summed E-state index contributed by atoms with van der Waals surface area (Å²) in [5.74, 6) is 0. The summed E-state index contributed by atoms with van der Waals surface area (Å²) >= 11 is 0. The molecule has 1 aliphatic rings. The molecule has 1 fully saturated rings. The van der Waals surface area contributed by atoms with Crippen LogP contribution in [-0.2, 0) is 0 Å². The lowest BCUT2D eigenvalue weighted by atomic mass is 10.2. The SMILES string of the molecule is CN1CCN(/N=C\c2cccc([N+](=O)[O-])c2)CC1.